The zero-order chi connectivity index (χ0) is 10.9. The Labute approximate surface area is 89.2 Å². The van der Waals surface area contributed by atoms with Crippen molar-refractivity contribution < 1.29 is 4.74 Å². The number of nitrogens with one attached hydrogen (secondary N) is 1. The van der Waals surface area contributed by atoms with Crippen LogP contribution in [-0.2, 0) is 10.3 Å². The molecule has 0 aliphatic rings. The summed E-state index contributed by atoms with van der Waals surface area (Å²) in [5.74, 6) is 0. The van der Waals surface area contributed by atoms with Gasteiger partial charge in [0.05, 0.1) is 0 Å². The van der Waals surface area contributed by atoms with E-state index in [2.05, 4.69) is 11.1 Å². The lowest BCUT2D eigenvalue weighted by Gasteiger charge is -2.26. The van der Waals surface area contributed by atoms with E-state index in [1.165, 1.54) is 5.39 Å². The first kappa shape index (κ1) is 10.2. The summed E-state index contributed by atoms with van der Waals surface area (Å²) >= 11 is 0. The molecule has 2 aromatic rings. The van der Waals surface area contributed by atoms with Crippen LogP contribution in [0.4, 0.5) is 0 Å². The van der Waals surface area contributed by atoms with Crippen molar-refractivity contribution in [3.63, 3.8) is 0 Å². The molecule has 3 heteroatoms. The lowest BCUT2D eigenvalue weighted by atomic mass is 9.95. The molecule has 0 amide bonds. The van der Waals surface area contributed by atoms with Crippen LogP contribution in [0.3, 0.4) is 0 Å². The third-order valence-corrected chi connectivity index (χ3v) is 3.00. The van der Waals surface area contributed by atoms with Gasteiger partial charge in [0.15, 0.2) is 0 Å². The van der Waals surface area contributed by atoms with Crippen LogP contribution < -0.4 is 5.73 Å². The van der Waals surface area contributed by atoms with Gasteiger partial charge in [-0.05, 0) is 13.0 Å². The smallest absolute Gasteiger partial charge is 0.104 e. The zero-order valence-electron chi connectivity index (χ0n) is 9.08. The number of aromatic amines is 1. The average Bonchev–Trinajstić information content (AvgIpc) is 2.72. The summed E-state index contributed by atoms with van der Waals surface area (Å²) in [6.45, 7) is 2.47. The van der Waals surface area contributed by atoms with Gasteiger partial charge in [-0.15, -0.1) is 0 Å². The van der Waals surface area contributed by atoms with Crippen LogP contribution in [0.15, 0.2) is 30.5 Å². The van der Waals surface area contributed by atoms with E-state index in [0.29, 0.717) is 6.54 Å². The second-order valence-corrected chi connectivity index (χ2v) is 3.89. The molecule has 1 heterocycles. The molecular formula is C12H16N2O. The molecule has 80 valence electrons. The molecule has 0 saturated heterocycles. The summed E-state index contributed by atoms with van der Waals surface area (Å²) in [6, 6.07) is 8.15. The summed E-state index contributed by atoms with van der Waals surface area (Å²) in [7, 11) is 1.69. The van der Waals surface area contributed by atoms with E-state index < -0.39 is 5.60 Å². The van der Waals surface area contributed by atoms with E-state index in [1.807, 2.05) is 31.3 Å². The van der Waals surface area contributed by atoms with Gasteiger partial charge in [0.2, 0.25) is 0 Å². The first-order chi connectivity index (χ1) is 7.21. The van der Waals surface area contributed by atoms with Crippen molar-refractivity contribution in [3.8, 4) is 0 Å². The topological polar surface area (TPSA) is 51.0 Å². The Morgan fingerprint density at radius 1 is 1.40 bits per heavy atom. The van der Waals surface area contributed by atoms with Gasteiger partial charge in [0.1, 0.15) is 5.60 Å². The van der Waals surface area contributed by atoms with Crippen LogP contribution in [0, 0.1) is 0 Å². The molecule has 0 saturated carbocycles. The molecule has 3 N–H and O–H groups in total. The Balaban J connectivity index is 2.61. The van der Waals surface area contributed by atoms with Crippen molar-refractivity contribution in [2.45, 2.75) is 12.5 Å². The number of fused-ring (bicyclic) bond motifs is 1. The minimum absolute atomic E-state index is 0.417. The number of H-pyrrole nitrogens is 1. The minimum Gasteiger partial charge on any atom is -0.372 e. The molecule has 0 aliphatic heterocycles. The van der Waals surface area contributed by atoms with E-state index in [4.69, 9.17) is 10.5 Å². The van der Waals surface area contributed by atoms with Gasteiger partial charge in [0, 0.05) is 36.3 Å². The highest BCUT2D eigenvalue weighted by molar-refractivity contribution is 5.84. The minimum atomic E-state index is -0.417. The molecule has 0 radical (unpaired) electrons. The first-order valence-electron chi connectivity index (χ1n) is 5.03. The number of nitrogens with two attached hydrogens (primary N) is 1. The molecule has 0 aliphatic carbocycles. The maximum Gasteiger partial charge on any atom is 0.104 e. The summed E-state index contributed by atoms with van der Waals surface area (Å²) in [6.07, 6.45) is 1.97. The predicted molar refractivity (Wildman–Crippen MR) is 61.7 cm³/mol. The maximum atomic E-state index is 5.76. The number of methoxy groups -OCH3 is 1. The molecule has 0 spiro atoms. The second-order valence-electron chi connectivity index (χ2n) is 3.89. The Kier molecular flexibility index (Phi) is 2.50. The Morgan fingerprint density at radius 2 is 2.13 bits per heavy atom. The number of rotatable bonds is 3. The molecule has 0 fully saturated rings. The van der Waals surface area contributed by atoms with Crippen LogP contribution in [-0.4, -0.2) is 18.6 Å². The van der Waals surface area contributed by atoms with E-state index in [1.54, 1.807) is 7.11 Å². The third-order valence-electron chi connectivity index (χ3n) is 3.00. The van der Waals surface area contributed by atoms with E-state index >= 15 is 0 Å². The predicted octanol–water partition coefficient (Wildman–Crippen LogP) is 1.99. The number of para-hydroxylation sites is 1. The molecule has 1 unspecified atom stereocenters. The third kappa shape index (κ3) is 1.54. The molecule has 1 aromatic carbocycles. The first-order valence-corrected chi connectivity index (χ1v) is 5.03. The molecule has 0 bridgehead atoms. The molecule has 3 nitrogen and oxygen atoms in total. The van der Waals surface area contributed by atoms with Crippen molar-refractivity contribution in [3.05, 3.63) is 36.0 Å². The van der Waals surface area contributed by atoms with Gasteiger partial charge in [0.25, 0.3) is 0 Å². The van der Waals surface area contributed by atoms with Gasteiger partial charge in [-0.2, -0.15) is 0 Å². The zero-order valence-corrected chi connectivity index (χ0v) is 9.08. The van der Waals surface area contributed by atoms with E-state index in [0.717, 1.165) is 11.1 Å². The number of hydrogen-bond acceptors (Lipinski definition) is 2. The normalized spacial score (nSPS) is 15.4. The molecule has 1 atom stereocenters. The van der Waals surface area contributed by atoms with Crippen molar-refractivity contribution in [1.82, 2.24) is 4.98 Å². The highest BCUT2D eigenvalue weighted by Gasteiger charge is 2.27. The quantitative estimate of drug-likeness (QED) is 0.803. The molecule has 15 heavy (non-hydrogen) atoms. The van der Waals surface area contributed by atoms with Crippen molar-refractivity contribution in [1.29, 1.82) is 0 Å². The fraction of sp³-hybridized carbons (Fsp3) is 0.333. The van der Waals surface area contributed by atoms with Crippen LogP contribution in [0.1, 0.15) is 12.5 Å². The van der Waals surface area contributed by atoms with Crippen molar-refractivity contribution >= 4 is 10.9 Å². The van der Waals surface area contributed by atoms with Gasteiger partial charge < -0.3 is 15.5 Å². The Morgan fingerprint density at radius 3 is 2.80 bits per heavy atom. The van der Waals surface area contributed by atoms with Crippen molar-refractivity contribution in [2.75, 3.05) is 13.7 Å². The summed E-state index contributed by atoms with van der Waals surface area (Å²) in [4.78, 5) is 3.23. The molecule has 1 aromatic heterocycles. The van der Waals surface area contributed by atoms with Gasteiger partial charge in [-0.25, -0.2) is 0 Å². The highest BCUT2D eigenvalue weighted by Crippen LogP contribution is 2.30. The average molecular weight is 204 g/mol. The van der Waals surface area contributed by atoms with Crippen LogP contribution in [0.25, 0.3) is 10.9 Å². The summed E-state index contributed by atoms with van der Waals surface area (Å²) in [5.41, 5.74) is 7.57. The van der Waals surface area contributed by atoms with Crippen LogP contribution >= 0.6 is 0 Å². The van der Waals surface area contributed by atoms with Crippen LogP contribution in [0.5, 0.6) is 0 Å². The largest absolute Gasteiger partial charge is 0.372 e. The fourth-order valence-corrected chi connectivity index (χ4v) is 1.81. The Bertz CT molecular complexity index is 457. The number of hydrogen-bond donors (Lipinski definition) is 2. The van der Waals surface area contributed by atoms with E-state index in [9.17, 15) is 0 Å². The monoisotopic (exact) mass is 204 g/mol. The van der Waals surface area contributed by atoms with Gasteiger partial charge in [-0.1, -0.05) is 18.2 Å². The van der Waals surface area contributed by atoms with Crippen LogP contribution in [0.2, 0.25) is 0 Å². The molecular weight excluding hydrogens is 188 g/mol. The SMILES string of the molecule is COC(C)(CN)c1c[nH]c2ccccc12. The highest BCUT2D eigenvalue weighted by atomic mass is 16.5. The number of aromatic nitrogens is 1. The number of ether oxygens (including phenoxy) is 1. The van der Waals surface area contributed by atoms with Gasteiger partial charge in [-0.3, -0.25) is 0 Å². The summed E-state index contributed by atoms with van der Waals surface area (Å²) in [5, 5.41) is 1.17. The van der Waals surface area contributed by atoms with Gasteiger partial charge >= 0.3 is 0 Å². The number of benzene rings is 1. The lowest BCUT2D eigenvalue weighted by molar-refractivity contribution is 0.0113. The second kappa shape index (κ2) is 3.68. The van der Waals surface area contributed by atoms with Crippen molar-refractivity contribution in [2.24, 2.45) is 5.73 Å². The lowest BCUT2D eigenvalue weighted by Crippen LogP contribution is -2.33. The maximum absolute atomic E-state index is 5.76. The standard InChI is InChI=1S/C12H16N2O/c1-12(8-13,15-2)10-7-14-11-6-4-3-5-9(10)11/h3-7,14H,8,13H2,1-2H3. The molecule has 2 rings (SSSR count). The Hall–Kier alpha value is -1.32. The van der Waals surface area contributed by atoms with E-state index in [-0.39, 0.29) is 0 Å². The fourth-order valence-electron chi connectivity index (χ4n) is 1.81. The summed E-state index contributed by atoms with van der Waals surface area (Å²) < 4.78 is 5.49.